The maximum atomic E-state index is 11.8. The van der Waals surface area contributed by atoms with Crippen molar-refractivity contribution in [1.29, 1.82) is 0 Å². The molecule has 0 amide bonds. The van der Waals surface area contributed by atoms with Crippen molar-refractivity contribution in [3.05, 3.63) is 0 Å². The molecule has 0 aliphatic heterocycles. The topological polar surface area (TPSA) is 173 Å². The van der Waals surface area contributed by atoms with Crippen molar-refractivity contribution in [3.8, 4) is 0 Å². The predicted octanol–water partition coefficient (Wildman–Crippen LogP) is 4.53. The van der Waals surface area contributed by atoms with Crippen LogP contribution in [-0.2, 0) is 42.8 Å². The highest BCUT2D eigenvalue weighted by Gasteiger charge is 2.08. The normalized spacial score (nSPS) is 10.5. The number of rotatable bonds is 27. The highest BCUT2D eigenvalue weighted by molar-refractivity contribution is 5.70. The number of carbonyl (C=O) groups excluding carboxylic acids is 4. The van der Waals surface area contributed by atoms with Gasteiger partial charge in [-0.1, -0.05) is 39.0 Å². The van der Waals surface area contributed by atoms with E-state index in [1.807, 2.05) is 0 Å². The van der Waals surface area contributed by atoms with Gasteiger partial charge in [0.15, 0.2) is 0 Å². The van der Waals surface area contributed by atoms with Crippen LogP contribution in [0.4, 0.5) is 9.59 Å². The Morgan fingerprint density at radius 2 is 0.902 bits per heavy atom. The minimum absolute atomic E-state index is 0.0243. The number of aliphatic carboxylic acids is 1. The maximum absolute atomic E-state index is 11.8. The first kappa shape index (κ1) is 37.9. The van der Waals surface area contributed by atoms with Gasteiger partial charge in [-0.05, 0) is 38.5 Å². The molecule has 0 spiro atoms. The zero-order valence-corrected chi connectivity index (χ0v) is 24.5. The van der Waals surface area contributed by atoms with Gasteiger partial charge in [-0.2, -0.15) is 0 Å². The molecule has 0 atom stereocenters. The van der Waals surface area contributed by atoms with Crippen molar-refractivity contribution in [2.75, 3.05) is 52.7 Å². The fraction of sp³-hybridized carbons (Fsp3) is 0.821. The van der Waals surface area contributed by atoms with Crippen LogP contribution in [0.15, 0.2) is 0 Å². The Hall–Kier alpha value is -3.09. The summed E-state index contributed by atoms with van der Waals surface area (Å²) in [5.74, 6) is -1.54. The Balaban J connectivity index is 3.44. The summed E-state index contributed by atoms with van der Waals surface area (Å²) < 4.78 is 29.7. The summed E-state index contributed by atoms with van der Waals surface area (Å²) in [7, 11) is 0. The molecular weight excluding hydrogens is 542 g/mol. The van der Waals surface area contributed by atoms with Crippen molar-refractivity contribution in [1.82, 2.24) is 5.32 Å². The predicted molar refractivity (Wildman–Crippen MR) is 147 cm³/mol. The molecule has 2 N–H and O–H groups in total. The molecule has 0 saturated heterocycles. The first-order chi connectivity index (χ1) is 19.8. The Morgan fingerprint density at radius 3 is 1.46 bits per heavy atom. The van der Waals surface area contributed by atoms with Gasteiger partial charge in [-0.3, -0.25) is 14.4 Å². The second-order valence-corrected chi connectivity index (χ2v) is 9.26. The lowest BCUT2D eigenvalue weighted by Gasteiger charge is -2.08. The van der Waals surface area contributed by atoms with Gasteiger partial charge in [-0.15, -0.1) is 0 Å². The van der Waals surface area contributed by atoms with Gasteiger partial charge < -0.3 is 38.8 Å². The molecule has 0 aromatic heterocycles. The minimum atomic E-state index is -0.895. The molecule has 0 bridgehead atoms. The van der Waals surface area contributed by atoms with Crippen LogP contribution in [0.25, 0.3) is 0 Å². The Kier molecular flexibility index (Phi) is 26.3. The Morgan fingerprint density at radius 1 is 0.488 bits per heavy atom. The molecule has 0 rings (SSSR count). The zero-order chi connectivity index (χ0) is 30.4. The highest BCUT2D eigenvalue weighted by atomic mass is 16.7. The summed E-state index contributed by atoms with van der Waals surface area (Å²) in [5.41, 5.74) is 0. The number of hydrogen-bond donors (Lipinski definition) is 2. The van der Waals surface area contributed by atoms with E-state index in [0.717, 1.165) is 19.3 Å². The van der Waals surface area contributed by atoms with E-state index >= 15 is 0 Å². The van der Waals surface area contributed by atoms with E-state index in [1.165, 1.54) is 19.3 Å². The fourth-order valence-corrected chi connectivity index (χ4v) is 3.30. The number of esters is 2. The molecule has 238 valence electrons. The molecule has 0 aliphatic carbocycles. The van der Waals surface area contributed by atoms with Gasteiger partial charge >= 0.3 is 30.2 Å². The highest BCUT2D eigenvalue weighted by Crippen LogP contribution is 2.06. The van der Waals surface area contributed by atoms with E-state index in [2.05, 4.69) is 12.2 Å². The molecule has 0 heterocycles. The average Bonchev–Trinajstić information content (AvgIpc) is 2.93. The van der Waals surface area contributed by atoms with E-state index in [-0.39, 0.29) is 64.2 Å². The van der Waals surface area contributed by atoms with Crippen LogP contribution in [0.1, 0.15) is 96.8 Å². The molecule has 13 nitrogen and oxygen atoms in total. The summed E-state index contributed by atoms with van der Waals surface area (Å²) in [6, 6.07) is 0. The summed E-state index contributed by atoms with van der Waals surface area (Å²) in [6.45, 7) is 3.75. The first-order valence-corrected chi connectivity index (χ1v) is 14.7. The molecule has 0 fully saturated rings. The summed E-state index contributed by atoms with van der Waals surface area (Å²) in [5, 5.41) is 11.4. The minimum Gasteiger partial charge on any atom is -0.481 e. The number of nitrogens with one attached hydrogen (secondary N) is 1. The lowest BCUT2D eigenvalue weighted by atomic mass is 10.1. The molecule has 0 aliphatic rings. The standard InChI is InChI=1S/C28H49NO12/c1-2-3-4-5-6-9-18-36-26(33)15-12-21-37-25(32)14-8-11-20-39-28(35)41-23-17-29-16-22-40-27(34)38-19-10-7-13-24(30)31/h29H,2-23H2,1H3,(H,30,31). The summed E-state index contributed by atoms with van der Waals surface area (Å²) >= 11 is 0. The molecule has 0 aromatic carbocycles. The van der Waals surface area contributed by atoms with Crippen LogP contribution in [0.2, 0.25) is 0 Å². The maximum Gasteiger partial charge on any atom is 0.508 e. The van der Waals surface area contributed by atoms with E-state index in [4.69, 9.17) is 33.5 Å². The number of carboxylic acid groups (broad SMARTS) is 1. The Labute approximate surface area is 242 Å². The van der Waals surface area contributed by atoms with Crippen molar-refractivity contribution in [2.24, 2.45) is 0 Å². The van der Waals surface area contributed by atoms with Crippen molar-refractivity contribution in [3.63, 3.8) is 0 Å². The third-order valence-electron chi connectivity index (χ3n) is 5.55. The molecule has 0 saturated carbocycles. The van der Waals surface area contributed by atoms with E-state index in [9.17, 15) is 24.0 Å². The van der Waals surface area contributed by atoms with Gasteiger partial charge in [0, 0.05) is 32.4 Å². The molecule has 0 aromatic rings. The zero-order valence-electron chi connectivity index (χ0n) is 24.5. The number of carboxylic acids is 1. The number of unbranched alkanes of at least 4 members (excludes halogenated alkanes) is 7. The molecular formula is C28H49NO12. The van der Waals surface area contributed by atoms with Crippen LogP contribution in [0, 0.1) is 0 Å². The second-order valence-electron chi connectivity index (χ2n) is 9.26. The van der Waals surface area contributed by atoms with Gasteiger partial charge in [0.25, 0.3) is 0 Å². The van der Waals surface area contributed by atoms with Crippen molar-refractivity contribution >= 4 is 30.2 Å². The van der Waals surface area contributed by atoms with E-state index < -0.39 is 18.3 Å². The Bertz CT molecular complexity index is 716. The largest absolute Gasteiger partial charge is 0.508 e. The monoisotopic (exact) mass is 591 g/mol. The molecule has 0 radical (unpaired) electrons. The van der Waals surface area contributed by atoms with Gasteiger partial charge in [-0.25, -0.2) is 9.59 Å². The van der Waals surface area contributed by atoms with Crippen LogP contribution >= 0.6 is 0 Å². The summed E-state index contributed by atoms with van der Waals surface area (Å²) in [6.07, 6.45) is 7.79. The number of hydrogen-bond acceptors (Lipinski definition) is 12. The van der Waals surface area contributed by atoms with Gasteiger partial charge in [0.1, 0.15) is 13.2 Å². The fourth-order valence-electron chi connectivity index (χ4n) is 3.30. The average molecular weight is 592 g/mol. The SMILES string of the molecule is CCCCCCCCOC(=O)CCCOC(=O)CCCCOC(=O)OCCNCCOC(=O)OCCCCC(=O)O. The van der Waals surface area contributed by atoms with Crippen LogP contribution in [0.3, 0.4) is 0 Å². The second kappa shape index (κ2) is 28.4. The number of ether oxygens (including phenoxy) is 6. The molecule has 41 heavy (non-hydrogen) atoms. The van der Waals surface area contributed by atoms with Gasteiger partial charge in [0.05, 0.1) is 26.4 Å². The third-order valence-corrected chi connectivity index (χ3v) is 5.55. The lowest BCUT2D eigenvalue weighted by Crippen LogP contribution is -2.26. The lowest BCUT2D eigenvalue weighted by molar-refractivity contribution is -0.147. The van der Waals surface area contributed by atoms with Crippen LogP contribution < -0.4 is 5.32 Å². The quantitative estimate of drug-likeness (QED) is 0.0775. The van der Waals surface area contributed by atoms with E-state index in [1.54, 1.807) is 0 Å². The molecule has 13 heteroatoms. The first-order valence-electron chi connectivity index (χ1n) is 14.7. The number of carbonyl (C=O) groups is 5. The van der Waals surface area contributed by atoms with Crippen molar-refractivity contribution in [2.45, 2.75) is 96.8 Å². The smallest absolute Gasteiger partial charge is 0.481 e. The van der Waals surface area contributed by atoms with Gasteiger partial charge in [0.2, 0.25) is 0 Å². The van der Waals surface area contributed by atoms with E-state index in [0.29, 0.717) is 51.8 Å². The van der Waals surface area contributed by atoms with Crippen molar-refractivity contribution < 1.29 is 57.5 Å². The summed E-state index contributed by atoms with van der Waals surface area (Å²) in [4.78, 5) is 56.7. The van der Waals surface area contributed by atoms with Crippen LogP contribution in [-0.4, -0.2) is 88.1 Å². The van der Waals surface area contributed by atoms with Crippen LogP contribution in [0.5, 0.6) is 0 Å². The third kappa shape index (κ3) is 29.7. The molecule has 0 unspecified atom stereocenters.